The molecule has 0 aliphatic rings. The van der Waals surface area contributed by atoms with Crippen LogP contribution in [-0.2, 0) is 6.13 Å². The summed E-state index contributed by atoms with van der Waals surface area (Å²) in [6.07, 6.45) is 0. The third-order valence-corrected chi connectivity index (χ3v) is 2.27. The summed E-state index contributed by atoms with van der Waals surface area (Å²) in [4.78, 5) is 22.2. The summed E-state index contributed by atoms with van der Waals surface area (Å²) in [7, 11) is 0. The van der Waals surface area contributed by atoms with E-state index in [4.69, 9.17) is 0 Å². The molecule has 0 unspecified atom stereocenters. The van der Waals surface area contributed by atoms with Gasteiger partial charge in [0, 0.05) is 0 Å². The molecule has 0 heterocycles. The largest absolute Gasteiger partial charge is 0.391 e. The van der Waals surface area contributed by atoms with Gasteiger partial charge < -0.3 is 6.13 Å². The van der Waals surface area contributed by atoms with Gasteiger partial charge >= 0.3 is 11.9 Å². The van der Waals surface area contributed by atoms with Gasteiger partial charge in [-0.3, -0.25) is 0 Å². The highest BCUT2D eigenvalue weighted by molar-refractivity contribution is 14.1. The molecule has 0 aliphatic heterocycles. The molecule has 4 nitrogen and oxygen atoms in total. The first-order chi connectivity index (χ1) is 6.69. The van der Waals surface area contributed by atoms with E-state index in [1.54, 1.807) is 18.2 Å². The molecule has 0 aromatic heterocycles. The van der Waals surface area contributed by atoms with Crippen molar-refractivity contribution in [1.29, 1.82) is 0 Å². The van der Waals surface area contributed by atoms with E-state index in [0.29, 0.717) is 11.1 Å². The first kappa shape index (κ1) is 11.7. The molecule has 14 heavy (non-hydrogen) atoms. The van der Waals surface area contributed by atoms with Crippen LogP contribution in [0.25, 0.3) is 0 Å². The Morgan fingerprint density at radius 2 is 1.43 bits per heavy atom. The zero-order valence-electron chi connectivity index (χ0n) is 6.70. The predicted octanol–water partition coefficient (Wildman–Crippen LogP) is 2.70. The fourth-order valence-corrected chi connectivity index (χ4v) is 1.37. The molecule has 0 amide bonds. The third kappa shape index (κ3) is 2.80. The maximum absolute atomic E-state index is 11.1. The third-order valence-electron chi connectivity index (χ3n) is 1.47. The topological polar surface area (TPSA) is 52.6 Å². The van der Waals surface area contributed by atoms with Crippen LogP contribution in [0, 0.1) is 0 Å². The van der Waals surface area contributed by atoms with E-state index < -0.39 is 11.9 Å². The monoisotopic (exact) mass is 418 g/mol. The number of hydrogen-bond donors (Lipinski definition) is 0. The standard InChI is InChI=1S/C8H4I2O4/c9-13-7(11)5-2-1-3-6(4-5)8(12)14-10/h1-4H. The van der Waals surface area contributed by atoms with Gasteiger partial charge in [0.15, 0.2) is 46.0 Å². The van der Waals surface area contributed by atoms with Gasteiger partial charge in [0.2, 0.25) is 0 Å². The molecule has 0 saturated carbocycles. The molecular formula is C8H4I2O4. The van der Waals surface area contributed by atoms with Gasteiger partial charge in [-0.05, 0) is 18.2 Å². The molecule has 74 valence electrons. The molecule has 1 rings (SSSR count). The van der Waals surface area contributed by atoms with E-state index in [9.17, 15) is 9.59 Å². The number of benzene rings is 1. The molecular weight excluding hydrogens is 414 g/mol. The molecule has 0 fully saturated rings. The summed E-state index contributed by atoms with van der Waals surface area (Å²) in [5.74, 6) is -0.984. The van der Waals surface area contributed by atoms with Crippen molar-refractivity contribution >= 4 is 58.0 Å². The quantitative estimate of drug-likeness (QED) is 0.694. The van der Waals surface area contributed by atoms with Crippen LogP contribution in [0.4, 0.5) is 0 Å². The number of carbonyl (C=O) groups is 2. The summed E-state index contributed by atoms with van der Waals surface area (Å²) in [6.45, 7) is 0. The maximum atomic E-state index is 11.1. The van der Waals surface area contributed by atoms with Gasteiger partial charge in [0.1, 0.15) is 0 Å². The number of hydrogen-bond acceptors (Lipinski definition) is 4. The minimum Gasteiger partial charge on any atom is -0.391 e. The maximum Gasteiger partial charge on any atom is 0.347 e. The Morgan fingerprint density at radius 3 is 1.79 bits per heavy atom. The number of carbonyl (C=O) groups excluding carboxylic acids is 2. The normalized spacial score (nSPS) is 9.29. The van der Waals surface area contributed by atoms with E-state index in [-0.39, 0.29) is 0 Å². The number of rotatable bonds is 2. The van der Waals surface area contributed by atoms with E-state index in [1.807, 2.05) is 0 Å². The van der Waals surface area contributed by atoms with Gasteiger partial charge in [-0.2, -0.15) is 0 Å². The lowest BCUT2D eigenvalue weighted by Gasteiger charge is -1.99. The predicted molar refractivity (Wildman–Crippen MR) is 65.3 cm³/mol. The van der Waals surface area contributed by atoms with Crippen molar-refractivity contribution in [2.24, 2.45) is 0 Å². The highest BCUT2D eigenvalue weighted by Gasteiger charge is 2.11. The average molecular weight is 418 g/mol. The second-order valence-corrected chi connectivity index (χ2v) is 3.19. The summed E-state index contributed by atoms with van der Waals surface area (Å²) in [5.41, 5.74) is 0.636. The van der Waals surface area contributed by atoms with Crippen LogP contribution in [0.15, 0.2) is 24.3 Å². The van der Waals surface area contributed by atoms with Crippen LogP contribution < -0.4 is 0 Å². The summed E-state index contributed by atoms with van der Waals surface area (Å²) in [6, 6.07) is 6.13. The fourth-order valence-electron chi connectivity index (χ4n) is 0.862. The van der Waals surface area contributed by atoms with Gasteiger partial charge in [-0.25, -0.2) is 9.59 Å². The highest BCUT2D eigenvalue weighted by Crippen LogP contribution is 2.10. The second kappa shape index (κ2) is 5.49. The summed E-state index contributed by atoms with van der Waals surface area (Å²) >= 11 is 2.98. The van der Waals surface area contributed by atoms with E-state index >= 15 is 0 Å². The smallest absolute Gasteiger partial charge is 0.347 e. The molecule has 0 N–H and O–H groups in total. The summed E-state index contributed by atoms with van der Waals surface area (Å²) in [5, 5.41) is 0. The molecule has 1 aromatic carbocycles. The van der Waals surface area contributed by atoms with Crippen molar-refractivity contribution < 1.29 is 15.7 Å². The molecule has 6 heteroatoms. The van der Waals surface area contributed by atoms with Crippen LogP contribution in [0.2, 0.25) is 0 Å². The minimum absolute atomic E-state index is 0.318. The number of halogens is 2. The SMILES string of the molecule is O=C(OI)c1cccc(C(=O)OI)c1. The zero-order valence-corrected chi connectivity index (χ0v) is 11.0. The van der Waals surface area contributed by atoms with Crippen molar-refractivity contribution in [3.8, 4) is 0 Å². The Kier molecular flexibility index (Phi) is 4.58. The van der Waals surface area contributed by atoms with Gasteiger partial charge in [0.25, 0.3) is 0 Å². The molecule has 0 bridgehead atoms. The lowest BCUT2D eigenvalue weighted by Crippen LogP contribution is -2.02. The van der Waals surface area contributed by atoms with Crippen LogP contribution in [0.5, 0.6) is 0 Å². The van der Waals surface area contributed by atoms with Crippen molar-refractivity contribution in [1.82, 2.24) is 0 Å². The molecule has 0 atom stereocenters. The van der Waals surface area contributed by atoms with E-state index in [2.05, 4.69) is 6.13 Å². The summed E-state index contributed by atoms with van der Waals surface area (Å²) < 4.78 is 8.96. The average Bonchev–Trinajstić information content (AvgIpc) is 2.27. The first-order valence-electron chi connectivity index (χ1n) is 3.45. The Labute approximate surface area is 108 Å². The van der Waals surface area contributed by atoms with Crippen molar-refractivity contribution in [3.05, 3.63) is 35.4 Å². The zero-order chi connectivity index (χ0) is 10.6. The molecule has 0 saturated heterocycles. The van der Waals surface area contributed by atoms with Gasteiger partial charge in [0.05, 0.1) is 11.1 Å². The molecule has 1 aromatic rings. The minimum atomic E-state index is -0.492. The lowest BCUT2D eigenvalue weighted by molar-refractivity contribution is 0.0799. The Hall–Kier alpha value is -0.380. The van der Waals surface area contributed by atoms with Crippen molar-refractivity contribution in [2.45, 2.75) is 0 Å². The fraction of sp³-hybridized carbons (Fsp3) is 0. The highest BCUT2D eigenvalue weighted by atomic mass is 127. The Morgan fingerprint density at radius 1 is 1.00 bits per heavy atom. The second-order valence-electron chi connectivity index (χ2n) is 2.31. The Bertz CT molecular complexity index is 333. The van der Waals surface area contributed by atoms with Crippen molar-refractivity contribution in [2.75, 3.05) is 0 Å². The van der Waals surface area contributed by atoms with Crippen LogP contribution in [0.1, 0.15) is 20.7 Å². The lowest BCUT2D eigenvalue weighted by atomic mass is 10.1. The van der Waals surface area contributed by atoms with Crippen molar-refractivity contribution in [3.63, 3.8) is 0 Å². The van der Waals surface area contributed by atoms with Crippen LogP contribution in [0.3, 0.4) is 0 Å². The molecule has 0 radical (unpaired) electrons. The first-order valence-corrected chi connectivity index (χ1v) is 5.21. The Balaban J connectivity index is 3.01. The van der Waals surface area contributed by atoms with Crippen LogP contribution in [-0.4, -0.2) is 11.9 Å². The van der Waals surface area contributed by atoms with E-state index in [1.165, 1.54) is 52.1 Å². The van der Waals surface area contributed by atoms with Gasteiger partial charge in [-0.1, -0.05) is 6.07 Å². The van der Waals surface area contributed by atoms with Crippen LogP contribution >= 0.6 is 46.0 Å². The van der Waals surface area contributed by atoms with Gasteiger partial charge in [-0.15, -0.1) is 0 Å². The molecule has 0 aliphatic carbocycles. The molecule has 0 spiro atoms. The van der Waals surface area contributed by atoms with E-state index in [0.717, 1.165) is 0 Å².